The zero-order valence-corrected chi connectivity index (χ0v) is 20.9. The van der Waals surface area contributed by atoms with E-state index < -0.39 is 23.5 Å². The van der Waals surface area contributed by atoms with Crippen molar-refractivity contribution in [2.75, 3.05) is 43.4 Å². The Morgan fingerprint density at radius 1 is 1.00 bits per heavy atom. The zero-order valence-electron chi connectivity index (χ0n) is 20.9. The van der Waals surface area contributed by atoms with Crippen LogP contribution in [-0.4, -0.2) is 74.0 Å². The van der Waals surface area contributed by atoms with Crippen molar-refractivity contribution in [3.63, 3.8) is 0 Å². The van der Waals surface area contributed by atoms with E-state index in [2.05, 4.69) is 30.6 Å². The topological polar surface area (TPSA) is 105 Å². The lowest BCUT2D eigenvalue weighted by atomic mass is 10.1. The van der Waals surface area contributed by atoms with Crippen LogP contribution in [0.15, 0.2) is 49.3 Å². The van der Waals surface area contributed by atoms with Crippen molar-refractivity contribution < 1.29 is 22.4 Å². The summed E-state index contributed by atoms with van der Waals surface area (Å²) >= 11 is 0. The summed E-state index contributed by atoms with van der Waals surface area (Å²) in [5.74, 6) is -2.08. The monoisotopic (exact) mass is 541 g/mol. The molecule has 0 radical (unpaired) electrons. The molecule has 14 heteroatoms. The molecule has 1 aliphatic rings. The Morgan fingerprint density at radius 2 is 1.72 bits per heavy atom. The molecule has 39 heavy (non-hydrogen) atoms. The number of rotatable bonds is 5. The van der Waals surface area contributed by atoms with Gasteiger partial charge in [-0.3, -0.25) is 9.78 Å². The molecule has 4 heterocycles. The maximum atomic E-state index is 15.0. The number of carbonyl (C=O) groups excluding carboxylic acids is 1. The minimum absolute atomic E-state index is 0.0646. The average Bonchev–Trinajstić information content (AvgIpc) is 3.40. The fourth-order valence-corrected chi connectivity index (χ4v) is 4.19. The molecule has 0 atom stereocenters. The van der Waals surface area contributed by atoms with E-state index in [0.29, 0.717) is 54.9 Å². The molecule has 1 saturated heterocycles. The van der Waals surface area contributed by atoms with Gasteiger partial charge in [0.2, 0.25) is 0 Å². The maximum Gasteiger partial charge on any atom is 0.419 e. The van der Waals surface area contributed by atoms with Gasteiger partial charge in [-0.15, -0.1) is 5.10 Å². The Bertz CT molecular complexity index is 1500. The molecule has 1 fully saturated rings. The first-order valence-electron chi connectivity index (χ1n) is 11.9. The second kappa shape index (κ2) is 10.4. The quantitative estimate of drug-likeness (QED) is 0.383. The highest BCUT2D eigenvalue weighted by Gasteiger charge is 2.37. The molecular weight excluding hydrogens is 518 g/mol. The van der Waals surface area contributed by atoms with Gasteiger partial charge in [-0.1, -0.05) is 5.21 Å². The van der Waals surface area contributed by atoms with Crippen molar-refractivity contribution in [3.8, 4) is 16.9 Å². The van der Waals surface area contributed by atoms with Crippen LogP contribution in [0.4, 0.5) is 28.9 Å². The molecule has 1 N–H and O–H groups in total. The molecule has 0 bridgehead atoms. The van der Waals surface area contributed by atoms with Gasteiger partial charge in [-0.05, 0) is 32.2 Å². The first-order valence-corrected chi connectivity index (χ1v) is 11.9. The standard InChI is InChI=1S/C25H23F4N9O/c1-15-21(38-13-20(34-35-38)17-10-30-14-31-11-17)7-16(12-32-15)24(39)33-18-8-19(25(27,28)29)23(26)22(9-18)37-5-3-36(2)4-6-37/h7-14H,3-6H2,1-2H3,(H,33,39). The minimum Gasteiger partial charge on any atom is -0.367 e. The molecule has 0 saturated carbocycles. The first-order chi connectivity index (χ1) is 18.6. The number of aryl methyl sites for hydroxylation is 1. The van der Waals surface area contributed by atoms with E-state index in [1.54, 1.807) is 30.4 Å². The second-order valence-corrected chi connectivity index (χ2v) is 9.10. The van der Waals surface area contributed by atoms with E-state index in [-0.39, 0.29) is 16.9 Å². The van der Waals surface area contributed by atoms with Crippen LogP contribution < -0.4 is 10.2 Å². The van der Waals surface area contributed by atoms with Gasteiger partial charge in [-0.2, -0.15) is 13.2 Å². The smallest absolute Gasteiger partial charge is 0.367 e. The summed E-state index contributed by atoms with van der Waals surface area (Å²) in [5.41, 5.74) is 0.320. The number of nitrogens with one attached hydrogen (secondary N) is 1. The normalized spacial score (nSPS) is 14.5. The van der Waals surface area contributed by atoms with Crippen molar-refractivity contribution in [2.45, 2.75) is 13.1 Å². The molecule has 10 nitrogen and oxygen atoms in total. The third-order valence-electron chi connectivity index (χ3n) is 6.38. The van der Waals surface area contributed by atoms with Gasteiger partial charge in [-0.25, -0.2) is 19.0 Å². The van der Waals surface area contributed by atoms with Crippen molar-refractivity contribution in [3.05, 3.63) is 72.0 Å². The highest BCUT2D eigenvalue weighted by atomic mass is 19.4. The van der Waals surface area contributed by atoms with Crippen LogP contribution >= 0.6 is 0 Å². The van der Waals surface area contributed by atoms with Gasteiger partial charge in [0.25, 0.3) is 5.91 Å². The molecule has 0 unspecified atom stereocenters. The summed E-state index contributed by atoms with van der Waals surface area (Å²) < 4.78 is 57.5. The summed E-state index contributed by atoms with van der Waals surface area (Å²) in [6.07, 6.45) is 2.50. The van der Waals surface area contributed by atoms with E-state index in [4.69, 9.17) is 0 Å². The summed E-state index contributed by atoms with van der Waals surface area (Å²) in [7, 11) is 1.88. The Balaban J connectivity index is 1.44. The lowest BCUT2D eigenvalue weighted by molar-refractivity contribution is -0.139. The van der Waals surface area contributed by atoms with Gasteiger partial charge < -0.3 is 15.1 Å². The first kappa shape index (κ1) is 26.2. The third-order valence-corrected chi connectivity index (χ3v) is 6.38. The summed E-state index contributed by atoms with van der Waals surface area (Å²) in [6, 6.07) is 3.32. The maximum absolute atomic E-state index is 15.0. The predicted molar refractivity (Wildman–Crippen MR) is 134 cm³/mol. The molecular formula is C25H23F4N9O. The number of aromatic nitrogens is 6. The molecule has 202 valence electrons. The lowest BCUT2D eigenvalue weighted by Crippen LogP contribution is -2.45. The number of carbonyl (C=O) groups is 1. The fraction of sp³-hybridized carbons (Fsp3) is 0.280. The molecule has 0 spiro atoms. The summed E-state index contributed by atoms with van der Waals surface area (Å²) in [6.45, 7) is 3.54. The van der Waals surface area contributed by atoms with Crippen LogP contribution in [0, 0.1) is 12.7 Å². The fourth-order valence-electron chi connectivity index (χ4n) is 4.19. The molecule has 0 aliphatic carbocycles. The number of amides is 1. The number of benzene rings is 1. The number of anilines is 2. The number of halogens is 4. The molecule has 3 aromatic heterocycles. The van der Waals surface area contributed by atoms with Crippen LogP contribution in [0.25, 0.3) is 16.9 Å². The van der Waals surface area contributed by atoms with E-state index in [9.17, 15) is 22.4 Å². The van der Waals surface area contributed by atoms with Crippen LogP contribution in [0.5, 0.6) is 0 Å². The van der Waals surface area contributed by atoms with E-state index in [1.807, 2.05) is 11.9 Å². The number of piperazine rings is 1. The third kappa shape index (κ3) is 5.55. The molecule has 4 aromatic rings. The van der Waals surface area contributed by atoms with Crippen LogP contribution in [-0.2, 0) is 6.18 Å². The van der Waals surface area contributed by atoms with Crippen LogP contribution in [0.1, 0.15) is 21.6 Å². The van der Waals surface area contributed by atoms with Crippen molar-refractivity contribution in [1.29, 1.82) is 0 Å². The highest BCUT2D eigenvalue weighted by Crippen LogP contribution is 2.38. The van der Waals surface area contributed by atoms with E-state index >= 15 is 0 Å². The summed E-state index contributed by atoms with van der Waals surface area (Å²) in [4.78, 5) is 28.8. The van der Waals surface area contributed by atoms with Gasteiger partial charge in [0.05, 0.1) is 34.4 Å². The average molecular weight is 542 g/mol. The number of hydrogen-bond acceptors (Lipinski definition) is 8. The van der Waals surface area contributed by atoms with Crippen molar-refractivity contribution in [2.24, 2.45) is 0 Å². The highest BCUT2D eigenvalue weighted by molar-refractivity contribution is 6.04. The van der Waals surface area contributed by atoms with E-state index in [1.165, 1.54) is 29.3 Å². The lowest BCUT2D eigenvalue weighted by Gasteiger charge is -2.34. The van der Waals surface area contributed by atoms with Crippen molar-refractivity contribution in [1.82, 2.24) is 34.8 Å². The molecule has 5 rings (SSSR count). The largest absolute Gasteiger partial charge is 0.419 e. The number of alkyl halides is 3. The second-order valence-electron chi connectivity index (χ2n) is 9.10. The van der Waals surface area contributed by atoms with Crippen LogP contribution in [0.2, 0.25) is 0 Å². The van der Waals surface area contributed by atoms with Gasteiger partial charge >= 0.3 is 6.18 Å². The zero-order chi connectivity index (χ0) is 27.7. The number of pyridine rings is 1. The Kier molecular flexibility index (Phi) is 6.95. The SMILES string of the molecule is Cc1ncc(C(=O)Nc2cc(N3CCN(C)CC3)c(F)c(C(F)(F)F)c2)cc1-n1cc(-c2cncnc2)nn1. The molecule has 1 amide bonds. The van der Waals surface area contributed by atoms with E-state index in [0.717, 1.165) is 0 Å². The minimum atomic E-state index is -4.95. The van der Waals surface area contributed by atoms with Gasteiger partial charge in [0.1, 0.15) is 12.0 Å². The number of likely N-dealkylation sites (N-methyl/N-ethyl adjacent to an activating group) is 1. The number of nitrogens with zero attached hydrogens (tertiary/aromatic N) is 8. The Labute approximate surface area is 220 Å². The van der Waals surface area contributed by atoms with Gasteiger partial charge in [0, 0.05) is 56.0 Å². The molecule has 1 aliphatic heterocycles. The summed E-state index contributed by atoms with van der Waals surface area (Å²) in [5, 5.41) is 10.7. The molecule has 1 aromatic carbocycles. The predicted octanol–water partition coefficient (Wildman–Crippen LogP) is 3.59. The Morgan fingerprint density at radius 3 is 2.41 bits per heavy atom. The van der Waals surface area contributed by atoms with Crippen LogP contribution in [0.3, 0.4) is 0 Å². The van der Waals surface area contributed by atoms with Gasteiger partial charge in [0.15, 0.2) is 5.82 Å². The van der Waals surface area contributed by atoms with Crippen molar-refractivity contribution >= 4 is 17.3 Å². The number of hydrogen-bond donors (Lipinski definition) is 1. The Hall–Kier alpha value is -4.46.